The standard InChI is InChI=1S/C21H21BO3.Na/c1-16-4-10-19(11-5-16)23-22(24-20-12-6-17(2)7-13-20)25-21-14-8-18(3)9-15-21;/h4-15H,1-3H3;. The van der Waals surface area contributed by atoms with Crippen molar-refractivity contribution in [3.63, 3.8) is 0 Å². The van der Waals surface area contributed by atoms with Crippen molar-refractivity contribution >= 4 is 36.9 Å². The second-order valence-electron chi connectivity index (χ2n) is 6.08. The first kappa shape index (κ1) is 20.4. The summed E-state index contributed by atoms with van der Waals surface area (Å²) in [5.74, 6) is 2.07. The van der Waals surface area contributed by atoms with E-state index in [9.17, 15) is 0 Å². The van der Waals surface area contributed by atoms with E-state index in [1.165, 1.54) is 16.7 Å². The molecule has 0 saturated heterocycles. The van der Waals surface area contributed by atoms with Gasteiger partial charge in [0.1, 0.15) is 17.2 Å². The van der Waals surface area contributed by atoms with Gasteiger partial charge in [-0.1, -0.05) is 53.1 Å². The first-order valence-corrected chi connectivity index (χ1v) is 8.28. The average Bonchev–Trinajstić information content (AvgIpc) is 2.61. The Morgan fingerprint density at radius 1 is 0.462 bits per heavy atom. The first-order valence-electron chi connectivity index (χ1n) is 8.28. The number of hydrogen-bond donors (Lipinski definition) is 0. The zero-order chi connectivity index (χ0) is 17.6. The van der Waals surface area contributed by atoms with Crippen LogP contribution < -0.4 is 14.0 Å². The summed E-state index contributed by atoms with van der Waals surface area (Å²) in [6, 6.07) is 23.4. The Bertz CT molecular complexity index is 689. The second-order valence-corrected chi connectivity index (χ2v) is 6.08. The van der Waals surface area contributed by atoms with Crippen molar-refractivity contribution in [2.45, 2.75) is 20.8 Å². The summed E-state index contributed by atoms with van der Waals surface area (Å²) in [6.45, 7) is 6.10. The van der Waals surface area contributed by atoms with Crippen LogP contribution in [0.2, 0.25) is 0 Å². The molecule has 3 rings (SSSR count). The van der Waals surface area contributed by atoms with Crippen molar-refractivity contribution in [3.8, 4) is 17.2 Å². The van der Waals surface area contributed by atoms with E-state index in [1.54, 1.807) is 0 Å². The fourth-order valence-corrected chi connectivity index (χ4v) is 2.26. The zero-order valence-corrected chi connectivity index (χ0v) is 17.7. The molecular weight excluding hydrogens is 334 g/mol. The van der Waals surface area contributed by atoms with Gasteiger partial charge < -0.3 is 14.0 Å². The van der Waals surface area contributed by atoms with E-state index in [-0.39, 0.29) is 29.6 Å². The molecule has 0 atom stereocenters. The average molecular weight is 355 g/mol. The van der Waals surface area contributed by atoms with E-state index < -0.39 is 7.32 Å². The molecule has 0 aliphatic rings. The molecule has 0 bridgehead atoms. The topological polar surface area (TPSA) is 27.7 Å². The van der Waals surface area contributed by atoms with Crippen molar-refractivity contribution in [2.75, 3.05) is 0 Å². The molecule has 3 aromatic rings. The SMILES string of the molecule is Cc1ccc(OB(Oc2ccc(C)cc2)Oc2ccc(C)cc2)cc1.[Na]. The van der Waals surface area contributed by atoms with Gasteiger partial charge in [0.2, 0.25) is 0 Å². The molecule has 3 aromatic carbocycles. The molecular formula is C21H21BNaO3. The van der Waals surface area contributed by atoms with E-state index in [4.69, 9.17) is 14.0 Å². The normalized spacial score (nSPS) is 9.81. The summed E-state index contributed by atoms with van der Waals surface area (Å²) in [5, 5.41) is 0. The minimum atomic E-state index is -0.881. The fraction of sp³-hybridized carbons (Fsp3) is 0.143. The molecule has 0 N–H and O–H groups in total. The number of aryl methyl sites for hydroxylation is 3. The molecule has 0 aliphatic carbocycles. The third-order valence-corrected chi connectivity index (χ3v) is 3.76. The quantitative estimate of drug-likeness (QED) is 0.597. The van der Waals surface area contributed by atoms with E-state index >= 15 is 0 Å². The molecule has 0 spiro atoms. The Hall–Kier alpha value is -1.88. The van der Waals surface area contributed by atoms with Gasteiger partial charge in [0.05, 0.1) is 0 Å². The molecule has 1 radical (unpaired) electrons. The Kier molecular flexibility index (Phi) is 7.64. The van der Waals surface area contributed by atoms with E-state index in [0.29, 0.717) is 17.2 Å². The molecule has 26 heavy (non-hydrogen) atoms. The minimum Gasteiger partial charge on any atom is -0.490 e. The smallest absolute Gasteiger partial charge is 0.490 e. The van der Waals surface area contributed by atoms with Crippen LogP contribution in [0.4, 0.5) is 0 Å². The fourth-order valence-electron chi connectivity index (χ4n) is 2.26. The molecule has 0 fully saturated rings. The second kappa shape index (κ2) is 9.72. The molecule has 0 unspecified atom stereocenters. The van der Waals surface area contributed by atoms with Crippen LogP contribution in [0, 0.1) is 20.8 Å². The van der Waals surface area contributed by atoms with Gasteiger partial charge in [-0.05, 0) is 57.2 Å². The van der Waals surface area contributed by atoms with Crippen molar-refractivity contribution in [2.24, 2.45) is 0 Å². The Labute approximate surface area is 177 Å². The summed E-state index contributed by atoms with van der Waals surface area (Å²) in [5.41, 5.74) is 3.51. The molecule has 0 aromatic heterocycles. The Balaban J connectivity index is 0.00000243. The summed E-state index contributed by atoms with van der Waals surface area (Å²) >= 11 is 0. The summed E-state index contributed by atoms with van der Waals surface area (Å²) < 4.78 is 17.7. The van der Waals surface area contributed by atoms with Crippen LogP contribution in [0.15, 0.2) is 72.8 Å². The van der Waals surface area contributed by atoms with E-state index in [0.717, 1.165) is 0 Å². The van der Waals surface area contributed by atoms with E-state index in [2.05, 4.69) is 0 Å². The van der Waals surface area contributed by atoms with Crippen molar-refractivity contribution in [1.82, 2.24) is 0 Å². The van der Waals surface area contributed by atoms with Crippen LogP contribution in [0.3, 0.4) is 0 Å². The van der Waals surface area contributed by atoms with E-state index in [1.807, 2.05) is 93.6 Å². The van der Waals surface area contributed by atoms with Gasteiger partial charge in [-0.25, -0.2) is 0 Å². The van der Waals surface area contributed by atoms with Gasteiger partial charge in [-0.2, -0.15) is 0 Å². The maximum absolute atomic E-state index is 5.89. The predicted molar refractivity (Wildman–Crippen MR) is 107 cm³/mol. The van der Waals surface area contributed by atoms with Gasteiger partial charge >= 0.3 is 7.32 Å². The monoisotopic (exact) mass is 355 g/mol. The molecule has 0 amide bonds. The van der Waals surface area contributed by atoms with Gasteiger partial charge in [-0.15, -0.1) is 0 Å². The summed E-state index contributed by atoms with van der Waals surface area (Å²) in [6.07, 6.45) is 0. The molecule has 5 heteroatoms. The zero-order valence-electron chi connectivity index (χ0n) is 15.7. The first-order chi connectivity index (χ1) is 12.1. The van der Waals surface area contributed by atoms with Crippen LogP contribution in [0.1, 0.15) is 16.7 Å². The van der Waals surface area contributed by atoms with Crippen molar-refractivity contribution < 1.29 is 14.0 Å². The third-order valence-electron chi connectivity index (χ3n) is 3.76. The largest absolute Gasteiger partial charge is 0.864 e. The van der Waals surface area contributed by atoms with Crippen LogP contribution >= 0.6 is 0 Å². The Morgan fingerprint density at radius 3 is 0.923 bits per heavy atom. The van der Waals surface area contributed by atoms with Gasteiger partial charge in [0.15, 0.2) is 0 Å². The van der Waals surface area contributed by atoms with Crippen molar-refractivity contribution in [3.05, 3.63) is 89.5 Å². The molecule has 3 nitrogen and oxygen atoms in total. The molecule has 0 heterocycles. The number of benzene rings is 3. The molecule has 0 saturated carbocycles. The summed E-state index contributed by atoms with van der Waals surface area (Å²) in [7, 11) is -0.881. The molecule has 127 valence electrons. The van der Waals surface area contributed by atoms with Crippen LogP contribution in [-0.2, 0) is 0 Å². The van der Waals surface area contributed by atoms with Gasteiger partial charge in [-0.3, -0.25) is 0 Å². The van der Waals surface area contributed by atoms with Crippen molar-refractivity contribution in [1.29, 1.82) is 0 Å². The number of hydrogen-bond acceptors (Lipinski definition) is 3. The maximum atomic E-state index is 5.89. The molecule has 0 aliphatic heterocycles. The van der Waals surface area contributed by atoms with Crippen LogP contribution in [0.5, 0.6) is 17.2 Å². The predicted octanol–water partition coefficient (Wildman–Crippen LogP) is 4.75. The third kappa shape index (κ3) is 6.13. The van der Waals surface area contributed by atoms with Gasteiger partial charge in [0.25, 0.3) is 0 Å². The maximum Gasteiger partial charge on any atom is 0.864 e. The van der Waals surface area contributed by atoms with Crippen LogP contribution in [-0.4, -0.2) is 36.9 Å². The van der Waals surface area contributed by atoms with Gasteiger partial charge in [0, 0.05) is 29.6 Å². The Morgan fingerprint density at radius 2 is 0.692 bits per heavy atom. The number of rotatable bonds is 6. The summed E-state index contributed by atoms with van der Waals surface area (Å²) in [4.78, 5) is 0. The van der Waals surface area contributed by atoms with Crippen LogP contribution in [0.25, 0.3) is 0 Å². The minimum absolute atomic E-state index is 0.